The van der Waals surface area contributed by atoms with Gasteiger partial charge in [0, 0.05) is 18.5 Å². The van der Waals surface area contributed by atoms with Crippen molar-refractivity contribution in [3.63, 3.8) is 0 Å². The van der Waals surface area contributed by atoms with Crippen molar-refractivity contribution >= 4 is 5.91 Å². The molecule has 0 spiro atoms. The van der Waals surface area contributed by atoms with Gasteiger partial charge in [-0.1, -0.05) is 30.3 Å². The standard InChI is InChI=1S/C18H23F3N2O/c1-22-9-7-13(8-10-22)12-23(17(24)18(19,20)21)16-11-15(16)14-5-3-2-4-6-14/h2-6,13,15-16H,7-12H2,1H3/t15-,16+/m0/s1. The van der Waals surface area contributed by atoms with Crippen molar-refractivity contribution in [2.24, 2.45) is 5.92 Å². The van der Waals surface area contributed by atoms with Gasteiger partial charge in [-0.15, -0.1) is 0 Å². The molecule has 1 aromatic carbocycles. The summed E-state index contributed by atoms with van der Waals surface area (Å²) in [7, 11) is 2.02. The van der Waals surface area contributed by atoms with Crippen LogP contribution in [-0.4, -0.2) is 54.6 Å². The number of alkyl halides is 3. The third-order valence-electron chi connectivity index (χ3n) is 5.18. The Bertz CT molecular complexity index is 567. The lowest BCUT2D eigenvalue weighted by Crippen LogP contribution is -2.46. The second-order valence-corrected chi connectivity index (χ2v) is 7.02. The number of hydrogen-bond donors (Lipinski definition) is 0. The van der Waals surface area contributed by atoms with Crippen LogP contribution in [0.25, 0.3) is 0 Å². The molecule has 0 bridgehead atoms. The molecule has 3 nitrogen and oxygen atoms in total. The minimum absolute atomic E-state index is 0.0313. The number of nitrogens with zero attached hydrogens (tertiary/aromatic N) is 2. The monoisotopic (exact) mass is 340 g/mol. The molecule has 1 aromatic rings. The van der Waals surface area contributed by atoms with Gasteiger partial charge >= 0.3 is 12.1 Å². The van der Waals surface area contributed by atoms with Gasteiger partial charge in [0.15, 0.2) is 0 Å². The second kappa shape index (κ2) is 6.75. The molecular weight excluding hydrogens is 317 g/mol. The Morgan fingerprint density at radius 2 is 1.83 bits per heavy atom. The predicted molar refractivity (Wildman–Crippen MR) is 85.6 cm³/mol. The lowest BCUT2D eigenvalue weighted by atomic mass is 9.96. The van der Waals surface area contributed by atoms with Crippen molar-refractivity contribution in [1.82, 2.24) is 9.80 Å². The summed E-state index contributed by atoms with van der Waals surface area (Å²) in [6.45, 7) is 1.98. The van der Waals surface area contributed by atoms with E-state index in [0.29, 0.717) is 6.42 Å². The third kappa shape index (κ3) is 3.91. The summed E-state index contributed by atoms with van der Waals surface area (Å²) >= 11 is 0. The number of halogens is 3. The first-order chi connectivity index (χ1) is 11.4. The quantitative estimate of drug-likeness (QED) is 0.840. The maximum Gasteiger partial charge on any atom is 0.471 e. The number of piperidine rings is 1. The van der Waals surface area contributed by atoms with Crippen LogP contribution in [-0.2, 0) is 4.79 Å². The molecule has 2 fully saturated rings. The molecule has 3 rings (SSSR count). The van der Waals surface area contributed by atoms with Crippen molar-refractivity contribution in [2.75, 3.05) is 26.7 Å². The van der Waals surface area contributed by atoms with Gasteiger partial charge in [-0.05, 0) is 50.9 Å². The number of hydrogen-bond acceptors (Lipinski definition) is 2. The Morgan fingerprint density at radius 1 is 1.21 bits per heavy atom. The molecule has 1 saturated carbocycles. The molecule has 1 amide bonds. The summed E-state index contributed by atoms with van der Waals surface area (Å²) in [6.07, 6.45) is -2.48. The molecule has 24 heavy (non-hydrogen) atoms. The highest BCUT2D eigenvalue weighted by Gasteiger charge is 2.52. The molecular formula is C18H23F3N2O. The maximum atomic E-state index is 13.0. The molecule has 1 aliphatic carbocycles. The average Bonchev–Trinajstić information content (AvgIpc) is 3.34. The first-order valence-corrected chi connectivity index (χ1v) is 8.47. The van der Waals surface area contributed by atoms with Crippen molar-refractivity contribution < 1.29 is 18.0 Å². The van der Waals surface area contributed by atoms with Crippen LogP contribution in [0.5, 0.6) is 0 Å². The minimum Gasteiger partial charge on any atom is -0.331 e. The van der Waals surface area contributed by atoms with E-state index >= 15 is 0 Å². The Kier molecular flexibility index (Phi) is 4.85. The largest absolute Gasteiger partial charge is 0.471 e. The molecule has 132 valence electrons. The van der Waals surface area contributed by atoms with E-state index in [1.54, 1.807) is 0 Å². The summed E-state index contributed by atoms with van der Waals surface area (Å²) in [4.78, 5) is 15.2. The van der Waals surface area contributed by atoms with Gasteiger partial charge in [0.25, 0.3) is 0 Å². The van der Waals surface area contributed by atoms with Gasteiger partial charge in [0.05, 0.1) is 0 Å². The van der Waals surface area contributed by atoms with Crippen LogP contribution < -0.4 is 0 Å². The molecule has 2 aliphatic rings. The highest BCUT2D eigenvalue weighted by atomic mass is 19.4. The van der Waals surface area contributed by atoms with E-state index in [-0.39, 0.29) is 24.4 Å². The highest BCUT2D eigenvalue weighted by molar-refractivity contribution is 5.82. The topological polar surface area (TPSA) is 23.6 Å². The van der Waals surface area contributed by atoms with Crippen molar-refractivity contribution in [1.29, 1.82) is 0 Å². The lowest BCUT2D eigenvalue weighted by molar-refractivity contribution is -0.187. The fraction of sp³-hybridized carbons (Fsp3) is 0.611. The molecule has 6 heteroatoms. The lowest BCUT2D eigenvalue weighted by Gasteiger charge is -2.33. The van der Waals surface area contributed by atoms with Crippen LogP contribution in [0.15, 0.2) is 30.3 Å². The normalized spacial score (nSPS) is 25.5. The van der Waals surface area contributed by atoms with Gasteiger partial charge in [-0.3, -0.25) is 4.79 Å². The number of rotatable bonds is 4. The van der Waals surface area contributed by atoms with Gasteiger partial charge < -0.3 is 9.80 Å². The number of benzene rings is 1. The molecule has 1 heterocycles. The fourth-order valence-electron chi connectivity index (χ4n) is 3.64. The number of carbonyl (C=O) groups excluding carboxylic acids is 1. The first-order valence-electron chi connectivity index (χ1n) is 8.47. The summed E-state index contributed by atoms with van der Waals surface area (Å²) in [5, 5.41) is 0. The predicted octanol–water partition coefficient (Wildman–Crippen LogP) is 3.28. The van der Waals surface area contributed by atoms with Gasteiger partial charge in [-0.2, -0.15) is 13.2 Å². The van der Waals surface area contributed by atoms with Crippen LogP contribution in [0.1, 0.15) is 30.7 Å². The van der Waals surface area contributed by atoms with Crippen molar-refractivity contribution in [3.8, 4) is 0 Å². The molecule has 0 N–H and O–H groups in total. The van der Waals surface area contributed by atoms with Crippen molar-refractivity contribution in [2.45, 2.75) is 37.4 Å². The van der Waals surface area contributed by atoms with Crippen LogP contribution >= 0.6 is 0 Å². The molecule has 1 saturated heterocycles. The maximum absolute atomic E-state index is 13.0. The number of carbonyl (C=O) groups is 1. The Morgan fingerprint density at radius 3 is 2.42 bits per heavy atom. The number of likely N-dealkylation sites (tertiary alicyclic amines) is 1. The van der Waals surface area contributed by atoms with Gasteiger partial charge in [0.2, 0.25) is 0 Å². The molecule has 0 aromatic heterocycles. The van der Waals surface area contributed by atoms with Crippen molar-refractivity contribution in [3.05, 3.63) is 35.9 Å². The Balaban J connectivity index is 1.70. The van der Waals surface area contributed by atoms with E-state index in [9.17, 15) is 18.0 Å². The van der Waals surface area contributed by atoms with E-state index in [0.717, 1.165) is 36.4 Å². The smallest absolute Gasteiger partial charge is 0.331 e. The van der Waals surface area contributed by atoms with Crippen LogP contribution in [0.3, 0.4) is 0 Å². The minimum atomic E-state index is -4.80. The zero-order chi connectivity index (χ0) is 17.3. The van der Waals surface area contributed by atoms with E-state index < -0.39 is 12.1 Å². The molecule has 0 unspecified atom stereocenters. The van der Waals surface area contributed by atoms with Crippen LogP contribution in [0.2, 0.25) is 0 Å². The SMILES string of the molecule is CN1CCC(CN(C(=O)C(F)(F)F)[C@@H]2C[C@H]2c2ccccc2)CC1. The van der Waals surface area contributed by atoms with Gasteiger partial charge in [-0.25, -0.2) is 0 Å². The van der Waals surface area contributed by atoms with Crippen LogP contribution in [0, 0.1) is 5.92 Å². The summed E-state index contributed by atoms with van der Waals surface area (Å²) in [6, 6.07) is 9.20. The van der Waals surface area contributed by atoms with E-state index in [4.69, 9.17) is 0 Å². The Labute approximate surface area is 140 Å². The molecule has 0 radical (unpaired) electrons. The van der Waals surface area contributed by atoms with E-state index in [1.165, 1.54) is 0 Å². The third-order valence-corrected chi connectivity index (χ3v) is 5.18. The summed E-state index contributed by atoms with van der Waals surface area (Å²) < 4.78 is 39.1. The van der Waals surface area contributed by atoms with E-state index in [2.05, 4.69) is 4.90 Å². The molecule has 2 atom stereocenters. The van der Waals surface area contributed by atoms with E-state index in [1.807, 2.05) is 37.4 Å². The summed E-state index contributed by atoms with van der Waals surface area (Å²) in [5.41, 5.74) is 1.02. The van der Waals surface area contributed by atoms with Gasteiger partial charge in [0.1, 0.15) is 0 Å². The average molecular weight is 340 g/mol. The van der Waals surface area contributed by atoms with Crippen LogP contribution in [0.4, 0.5) is 13.2 Å². The summed E-state index contributed by atoms with van der Waals surface area (Å²) in [5.74, 6) is -1.49. The fourth-order valence-corrected chi connectivity index (χ4v) is 3.64. The Hall–Kier alpha value is -1.56. The zero-order valence-electron chi connectivity index (χ0n) is 13.8. The first kappa shape index (κ1) is 17.3. The zero-order valence-corrected chi connectivity index (χ0v) is 13.8. The number of amides is 1. The molecule has 1 aliphatic heterocycles. The second-order valence-electron chi connectivity index (χ2n) is 7.02. The highest BCUT2D eigenvalue weighted by Crippen LogP contribution is 2.46.